The van der Waals surface area contributed by atoms with Crippen molar-refractivity contribution in [3.8, 4) is 11.2 Å². The third-order valence-electron chi connectivity index (χ3n) is 1.30. The number of halogens is 2. The maximum Gasteiger partial charge on any atom is 0.214 e. The van der Waals surface area contributed by atoms with E-state index in [1.807, 2.05) is 5.25 Å². The first-order chi connectivity index (χ1) is 6.38. The van der Waals surface area contributed by atoms with Crippen molar-refractivity contribution in [3.05, 3.63) is 34.1 Å². The summed E-state index contributed by atoms with van der Waals surface area (Å²) in [5, 5.41) is 1.97. The van der Waals surface area contributed by atoms with E-state index in [1.54, 1.807) is 0 Å². The fourth-order valence-corrected chi connectivity index (χ4v) is 1.40. The van der Waals surface area contributed by atoms with Crippen LogP contribution in [0.15, 0.2) is 22.7 Å². The minimum Gasteiger partial charge on any atom is -0.216 e. The summed E-state index contributed by atoms with van der Waals surface area (Å²) in [6, 6.07) is 4.16. The summed E-state index contributed by atoms with van der Waals surface area (Å²) in [6.07, 6.45) is 0.968. The van der Waals surface area contributed by atoms with Crippen molar-refractivity contribution < 1.29 is 12.8 Å². The summed E-state index contributed by atoms with van der Waals surface area (Å²) in [5.41, 5.74) is 0.0600. The second-order valence-electron chi connectivity index (χ2n) is 2.62. The van der Waals surface area contributed by atoms with Crippen LogP contribution in [0, 0.1) is 17.0 Å². The zero-order chi connectivity index (χ0) is 10.8. The molecule has 5 heteroatoms. The predicted octanol–water partition coefficient (Wildman–Crippen LogP) is 1.94. The monoisotopic (exact) mass is 276 g/mol. The molecule has 14 heavy (non-hydrogen) atoms. The van der Waals surface area contributed by atoms with Crippen LogP contribution >= 0.6 is 15.9 Å². The molecule has 0 N–H and O–H groups in total. The number of hydrogen-bond donors (Lipinski definition) is 0. The Balaban J connectivity index is 3.19. The first kappa shape index (κ1) is 11.2. The first-order valence-electron chi connectivity index (χ1n) is 3.56. The SMILES string of the molecule is CS(=O)(=O)C#Cc1cc(Br)ccc1F. The van der Waals surface area contributed by atoms with Crippen LogP contribution in [0.25, 0.3) is 0 Å². The van der Waals surface area contributed by atoms with Gasteiger partial charge in [0.2, 0.25) is 9.84 Å². The summed E-state index contributed by atoms with van der Waals surface area (Å²) in [4.78, 5) is 0. The average Bonchev–Trinajstić information content (AvgIpc) is 2.05. The van der Waals surface area contributed by atoms with Gasteiger partial charge >= 0.3 is 0 Å². The van der Waals surface area contributed by atoms with Gasteiger partial charge in [0, 0.05) is 9.73 Å². The maximum atomic E-state index is 13.0. The smallest absolute Gasteiger partial charge is 0.214 e. The van der Waals surface area contributed by atoms with Crippen LogP contribution in [-0.2, 0) is 9.84 Å². The highest BCUT2D eigenvalue weighted by molar-refractivity contribution is 9.10. The van der Waals surface area contributed by atoms with Gasteiger partial charge in [0.05, 0.1) is 11.8 Å². The minimum atomic E-state index is -3.40. The quantitative estimate of drug-likeness (QED) is 0.679. The molecular formula is C9H6BrFO2S. The largest absolute Gasteiger partial charge is 0.216 e. The molecule has 1 aromatic rings. The highest BCUT2D eigenvalue weighted by Crippen LogP contribution is 2.14. The lowest BCUT2D eigenvalue weighted by Gasteiger charge is -1.94. The van der Waals surface area contributed by atoms with Crippen molar-refractivity contribution in [1.82, 2.24) is 0 Å². The van der Waals surface area contributed by atoms with Gasteiger partial charge in [-0.1, -0.05) is 15.9 Å². The molecule has 0 saturated carbocycles. The lowest BCUT2D eigenvalue weighted by atomic mass is 10.2. The van der Waals surface area contributed by atoms with E-state index in [2.05, 4.69) is 21.9 Å². The van der Waals surface area contributed by atoms with Crippen molar-refractivity contribution in [1.29, 1.82) is 0 Å². The lowest BCUT2D eigenvalue weighted by molar-refractivity contribution is 0.611. The van der Waals surface area contributed by atoms with Crippen molar-refractivity contribution in [2.75, 3.05) is 6.26 Å². The van der Waals surface area contributed by atoms with Crippen LogP contribution in [0.4, 0.5) is 4.39 Å². The number of rotatable bonds is 0. The van der Waals surface area contributed by atoms with Gasteiger partial charge in [-0.2, -0.15) is 0 Å². The molecule has 0 aliphatic heterocycles. The molecule has 0 heterocycles. The predicted molar refractivity (Wildman–Crippen MR) is 55.8 cm³/mol. The fraction of sp³-hybridized carbons (Fsp3) is 0.111. The normalized spacial score (nSPS) is 10.5. The Morgan fingerprint density at radius 1 is 1.43 bits per heavy atom. The summed E-state index contributed by atoms with van der Waals surface area (Å²) in [7, 11) is -3.40. The van der Waals surface area contributed by atoms with Crippen molar-refractivity contribution in [2.24, 2.45) is 0 Å². The fourth-order valence-electron chi connectivity index (χ4n) is 0.741. The number of hydrogen-bond acceptors (Lipinski definition) is 2. The Morgan fingerprint density at radius 3 is 2.64 bits per heavy atom. The van der Waals surface area contributed by atoms with Crippen LogP contribution in [-0.4, -0.2) is 14.7 Å². The topological polar surface area (TPSA) is 34.1 Å². The summed E-state index contributed by atoms with van der Waals surface area (Å²) in [5.74, 6) is 1.71. The van der Waals surface area contributed by atoms with Crippen LogP contribution in [0.2, 0.25) is 0 Å². The van der Waals surface area contributed by atoms with Crippen molar-refractivity contribution >= 4 is 25.8 Å². The van der Waals surface area contributed by atoms with Crippen LogP contribution in [0.3, 0.4) is 0 Å². The molecule has 0 saturated heterocycles. The molecule has 1 aromatic carbocycles. The molecule has 0 spiro atoms. The van der Waals surface area contributed by atoms with E-state index in [1.165, 1.54) is 18.2 Å². The Morgan fingerprint density at radius 2 is 2.07 bits per heavy atom. The van der Waals surface area contributed by atoms with Crippen LogP contribution < -0.4 is 0 Å². The van der Waals surface area contributed by atoms with Crippen LogP contribution in [0.5, 0.6) is 0 Å². The third-order valence-corrected chi connectivity index (χ3v) is 2.27. The van der Waals surface area contributed by atoms with E-state index in [0.717, 1.165) is 6.26 Å². The van der Waals surface area contributed by atoms with Crippen molar-refractivity contribution in [2.45, 2.75) is 0 Å². The highest BCUT2D eigenvalue weighted by Gasteiger charge is 2.00. The summed E-state index contributed by atoms with van der Waals surface area (Å²) in [6.45, 7) is 0. The van der Waals surface area contributed by atoms with Gasteiger partial charge in [-0.05, 0) is 24.1 Å². The molecular weight excluding hydrogens is 271 g/mol. The van der Waals surface area contributed by atoms with Gasteiger partial charge in [-0.3, -0.25) is 0 Å². The standard InChI is InChI=1S/C9H6BrFO2S/c1-14(12,13)5-4-7-6-8(10)2-3-9(7)11/h2-3,6H,1H3. The minimum absolute atomic E-state index is 0.0600. The Hall–Kier alpha value is -0.860. The molecule has 0 fully saturated rings. The molecule has 74 valence electrons. The Kier molecular flexibility index (Phi) is 3.29. The van der Waals surface area contributed by atoms with E-state index in [0.29, 0.717) is 4.47 Å². The molecule has 1 rings (SSSR count). The highest BCUT2D eigenvalue weighted by atomic mass is 79.9. The van der Waals surface area contributed by atoms with E-state index in [9.17, 15) is 12.8 Å². The van der Waals surface area contributed by atoms with Gasteiger partial charge < -0.3 is 0 Å². The Labute approximate surface area is 90.2 Å². The van der Waals surface area contributed by atoms with Gasteiger partial charge in [0.25, 0.3) is 0 Å². The molecule has 0 bridgehead atoms. The summed E-state index contributed by atoms with van der Waals surface area (Å²) >= 11 is 3.13. The van der Waals surface area contributed by atoms with Gasteiger partial charge in [-0.25, -0.2) is 12.8 Å². The van der Waals surface area contributed by atoms with Gasteiger partial charge in [0.15, 0.2) is 0 Å². The van der Waals surface area contributed by atoms with Gasteiger partial charge in [0.1, 0.15) is 5.82 Å². The molecule has 0 aliphatic rings. The van der Waals surface area contributed by atoms with E-state index >= 15 is 0 Å². The van der Waals surface area contributed by atoms with Crippen molar-refractivity contribution in [3.63, 3.8) is 0 Å². The second kappa shape index (κ2) is 4.11. The third kappa shape index (κ3) is 3.48. The van der Waals surface area contributed by atoms with E-state index in [4.69, 9.17) is 0 Å². The van der Waals surface area contributed by atoms with E-state index < -0.39 is 15.7 Å². The zero-order valence-corrected chi connectivity index (χ0v) is 9.62. The molecule has 0 unspecified atom stereocenters. The summed E-state index contributed by atoms with van der Waals surface area (Å²) < 4.78 is 35.1. The van der Waals surface area contributed by atoms with Gasteiger partial charge in [-0.15, -0.1) is 0 Å². The lowest BCUT2D eigenvalue weighted by Crippen LogP contribution is -1.90. The molecule has 0 amide bonds. The average molecular weight is 277 g/mol. The molecule has 0 aromatic heterocycles. The van der Waals surface area contributed by atoms with Crippen LogP contribution in [0.1, 0.15) is 5.56 Å². The number of sulfone groups is 1. The second-order valence-corrected chi connectivity index (χ2v) is 5.29. The number of benzene rings is 1. The Bertz CT molecular complexity index is 511. The molecule has 0 aliphatic carbocycles. The maximum absolute atomic E-state index is 13.0. The molecule has 2 nitrogen and oxygen atoms in total. The van der Waals surface area contributed by atoms with E-state index in [-0.39, 0.29) is 5.56 Å². The zero-order valence-electron chi connectivity index (χ0n) is 7.21. The molecule has 0 atom stereocenters. The molecule has 0 radical (unpaired) electrons. The first-order valence-corrected chi connectivity index (χ1v) is 6.25.